The van der Waals surface area contributed by atoms with Crippen LogP contribution in [-0.4, -0.2) is 33.3 Å². The minimum absolute atomic E-state index is 0.191. The van der Waals surface area contributed by atoms with Crippen LogP contribution in [-0.2, 0) is 13.0 Å². The normalized spacial score (nSPS) is 10.8. The molecule has 0 saturated heterocycles. The zero-order valence-electron chi connectivity index (χ0n) is 12.7. The minimum Gasteiger partial charge on any atom is -0.494 e. The van der Waals surface area contributed by atoms with Crippen molar-refractivity contribution in [3.05, 3.63) is 41.2 Å². The van der Waals surface area contributed by atoms with Gasteiger partial charge in [0.2, 0.25) is 0 Å². The van der Waals surface area contributed by atoms with E-state index in [0.29, 0.717) is 6.61 Å². The van der Waals surface area contributed by atoms with Gasteiger partial charge in [0.05, 0.1) is 12.3 Å². The number of hydrogen-bond acceptors (Lipinski definition) is 4. The first kappa shape index (κ1) is 15.5. The van der Waals surface area contributed by atoms with E-state index in [1.807, 2.05) is 16.9 Å². The number of hydrogen-bond donors (Lipinski definition) is 1. The van der Waals surface area contributed by atoms with Crippen LogP contribution in [0.2, 0.25) is 0 Å². The third-order valence-electron chi connectivity index (χ3n) is 3.46. The van der Waals surface area contributed by atoms with E-state index in [-0.39, 0.29) is 6.61 Å². The summed E-state index contributed by atoms with van der Waals surface area (Å²) in [7, 11) is 0. The van der Waals surface area contributed by atoms with Gasteiger partial charge in [-0.3, -0.25) is 4.68 Å². The summed E-state index contributed by atoms with van der Waals surface area (Å²) in [5.41, 5.74) is 3.46. The second-order valence-corrected chi connectivity index (χ2v) is 5.25. The Kier molecular flexibility index (Phi) is 5.75. The molecule has 2 aromatic rings. The standard InChI is InChI=1S/C16H23N3O2/c1-13-6-7-16(11-14(13)2)21-10-4-8-19-12-15(17-18-19)5-3-9-20/h6-7,11-12,20H,3-5,8-10H2,1-2H3. The van der Waals surface area contributed by atoms with Crippen LogP contribution in [0.4, 0.5) is 0 Å². The van der Waals surface area contributed by atoms with E-state index in [1.54, 1.807) is 0 Å². The SMILES string of the molecule is Cc1ccc(OCCCn2cc(CCCO)nn2)cc1C. The molecule has 0 aliphatic heterocycles. The summed E-state index contributed by atoms with van der Waals surface area (Å²) in [4.78, 5) is 0. The first-order chi connectivity index (χ1) is 10.2. The molecule has 1 heterocycles. The lowest BCUT2D eigenvalue weighted by atomic mass is 10.1. The van der Waals surface area contributed by atoms with Crippen molar-refractivity contribution >= 4 is 0 Å². The highest BCUT2D eigenvalue weighted by Crippen LogP contribution is 2.16. The maximum Gasteiger partial charge on any atom is 0.119 e. The number of nitrogens with zero attached hydrogens (tertiary/aromatic N) is 3. The Hall–Kier alpha value is -1.88. The molecule has 2 rings (SSSR count). The Balaban J connectivity index is 1.71. The van der Waals surface area contributed by atoms with Crippen molar-refractivity contribution in [2.24, 2.45) is 0 Å². The molecule has 1 N–H and O–H groups in total. The quantitative estimate of drug-likeness (QED) is 0.757. The summed E-state index contributed by atoms with van der Waals surface area (Å²) < 4.78 is 7.57. The van der Waals surface area contributed by atoms with Crippen LogP contribution in [0.15, 0.2) is 24.4 Å². The third kappa shape index (κ3) is 4.86. The zero-order chi connectivity index (χ0) is 15.1. The Labute approximate surface area is 125 Å². The maximum atomic E-state index is 8.78. The summed E-state index contributed by atoms with van der Waals surface area (Å²) in [6.45, 7) is 5.83. The van der Waals surface area contributed by atoms with Crippen LogP contribution in [0.5, 0.6) is 5.75 Å². The van der Waals surface area contributed by atoms with E-state index in [1.165, 1.54) is 11.1 Å². The fraction of sp³-hybridized carbons (Fsp3) is 0.500. The smallest absolute Gasteiger partial charge is 0.119 e. The molecule has 0 amide bonds. The number of aromatic nitrogens is 3. The van der Waals surface area contributed by atoms with Gasteiger partial charge in [-0.25, -0.2) is 0 Å². The van der Waals surface area contributed by atoms with Gasteiger partial charge in [-0.15, -0.1) is 5.10 Å². The van der Waals surface area contributed by atoms with Gasteiger partial charge in [0.1, 0.15) is 5.75 Å². The van der Waals surface area contributed by atoms with Gasteiger partial charge >= 0.3 is 0 Å². The number of rotatable bonds is 8. The summed E-state index contributed by atoms with van der Waals surface area (Å²) in [5, 5.41) is 16.9. The lowest BCUT2D eigenvalue weighted by Gasteiger charge is -2.08. The number of aliphatic hydroxyl groups excluding tert-OH is 1. The van der Waals surface area contributed by atoms with Crippen LogP contribution < -0.4 is 4.74 Å². The molecule has 0 radical (unpaired) electrons. The average Bonchev–Trinajstić information content (AvgIpc) is 2.93. The molecule has 114 valence electrons. The van der Waals surface area contributed by atoms with Crippen molar-refractivity contribution in [3.63, 3.8) is 0 Å². The molecule has 0 aliphatic rings. The maximum absolute atomic E-state index is 8.78. The topological polar surface area (TPSA) is 60.2 Å². The molecule has 0 unspecified atom stereocenters. The summed E-state index contributed by atoms with van der Waals surface area (Å²) in [6.07, 6.45) is 4.33. The Morgan fingerprint density at radius 2 is 2.05 bits per heavy atom. The van der Waals surface area contributed by atoms with Gasteiger partial charge in [-0.1, -0.05) is 11.3 Å². The van der Waals surface area contributed by atoms with Crippen LogP contribution in [0.25, 0.3) is 0 Å². The molecular formula is C16H23N3O2. The van der Waals surface area contributed by atoms with Crippen LogP contribution in [0, 0.1) is 13.8 Å². The molecule has 0 aliphatic carbocycles. The number of ether oxygens (including phenoxy) is 1. The second-order valence-electron chi connectivity index (χ2n) is 5.25. The number of aryl methyl sites for hydroxylation is 4. The average molecular weight is 289 g/mol. The Morgan fingerprint density at radius 1 is 1.19 bits per heavy atom. The van der Waals surface area contributed by atoms with E-state index >= 15 is 0 Å². The highest BCUT2D eigenvalue weighted by Gasteiger charge is 2.01. The minimum atomic E-state index is 0.191. The van der Waals surface area contributed by atoms with Crippen LogP contribution in [0.3, 0.4) is 0 Å². The molecule has 0 saturated carbocycles. The molecule has 21 heavy (non-hydrogen) atoms. The van der Waals surface area contributed by atoms with Crippen molar-refractivity contribution in [2.45, 2.75) is 39.7 Å². The molecule has 0 fully saturated rings. The lowest BCUT2D eigenvalue weighted by molar-refractivity contribution is 0.288. The van der Waals surface area contributed by atoms with Crippen molar-refractivity contribution in [3.8, 4) is 5.75 Å². The van der Waals surface area contributed by atoms with Crippen molar-refractivity contribution in [1.82, 2.24) is 15.0 Å². The fourth-order valence-electron chi connectivity index (χ4n) is 2.04. The molecule has 0 atom stereocenters. The highest BCUT2D eigenvalue weighted by atomic mass is 16.5. The molecular weight excluding hydrogens is 266 g/mol. The van der Waals surface area contributed by atoms with Gasteiger partial charge < -0.3 is 9.84 Å². The molecule has 5 heteroatoms. The van der Waals surface area contributed by atoms with E-state index < -0.39 is 0 Å². The van der Waals surface area contributed by atoms with E-state index in [2.05, 4.69) is 36.3 Å². The summed E-state index contributed by atoms with van der Waals surface area (Å²) in [5.74, 6) is 0.917. The van der Waals surface area contributed by atoms with Gasteiger partial charge in [0.25, 0.3) is 0 Å². The van der Waals surface area contributed by atoms with Gasteiger partial charge in [0.15, 0.2) is 0 Å². The van der Waals surface area contributed by atoms with Crippen molar-refractivity contribution in [2.75, 3.05) is 13.2 Å². The van der Waals surface area contributed by atoms with Crippen molar-refractivity contribution in [1.29, 1.82) is 0 Å². The van der Waals surface area contributed by atoms with E-state index in [4.69, 9.17) is 9.84 Å². The second kappa shape index (κ2) is 7.78. The van der Waals surface area contributed by atoms with Crippen molar-refractivity contribution < 1.29 is 9.84 Å². The predicted molar refractivity (Wildman–Crippen MR) is 81.5 cm³/mol. The van der Waals surface area contributed by atoms with E-state index in [9.17, 15) is 0 Å². The lowest BCUT2D eigenvalue weighted by Crippen LogP contribution is -2.05. The molecule has 0 bridgehead atoms. The summed E-state index contributed by atoms with van der Waals surface area (Å²) >= 11 is 0. The van der Waals surface area contributed by atoms with Gasteiger partial charge in [-0.2, -0.15) is 0 Å². The molecule has 5 nitrogen and oxygen atoms in total. The van der Waals surface area contributed by atoms with Crippen LogP contribution in [0.1, 0.15) is 29.7 Å². The van der Waals surface area contributed by atoms with Crippen LogP contribution >= 0.6 is 0 Å². The fourth-order valence-corrected chi connectivity index (χ4v) is 2.04. The van der Waals surface area contributed by atoms with Gasteiger partial charge in [0, 0.05) is 25.8 Å². The van der Waals surface area contributed by atoms with Gasteiger partial charge in [-0.05, 0) is 49.9 Å². The summed E-state index contributed by atoms with van der Waals surface area (Å²) in [6, 6.07) is 6.15. The predicted octanol–water partition coefficient (Wildman–Crippen LogP) is 2.29. The number of aliphatic hydroxyl groups is 1. The first-order valence-corrected chi connectivity index (χ1v) is 7.39. The largest absolute Gasteiger partial charge is 0.494 e. The highest BCUT2D eigenvalue weighted by molar-refractivity contribution is 5.33. The van der Waals surface area contributed by atoms with E-state index in [0.717, 1.165) is 37.3 Å². The number of benzene rings is 1. The Bertz CT molecular complexity index is 566. The molecule has 1 aromatic heterocycles. The zero-order valence-corrected chi connectivity index (χ0v) is 12.7. The molecule has 0 spiro atoms. The molecule has 1 aromatic carbocycles. The third-order valence-corrected chi connectivity index (χ3v) is 3.46. The monoisotopic (exact) mass is 289 g/mol. The Morgan fingerprint density at radius 3 is 2.81 bits per heavy atom. The first-order valence-electron chi connectivity index (χ1n) is 7.39.